The van der Waals surface area contributed by atoms with Crippen molar-refractivity contribution in [1.29, 1.82) is 0 Å². The molecule has 0 spiro atoms. The zero-order valence-corrected chi connectivity index (χ0v) is 17.1. The Bertz CT molecular complexity index is 820. The van der Waals surface area contributed by atoms with Gasteiger partial charge in [0.15, 0.2) is 0 Å². The highest BCUT2D eigenvalue weighted by atomic mass is 35.5. The highest BCUT2D eigenvalue weighted by molar-refractivity contribution is 7.17. The minimum absolute atomic E-state index is 0.300. The van der Waals surface area contributed by atoms with Crippen molar-refractivity contribution in [3.63, 3.8) is 0 Å². The number of fused-ring (bicyclic) bond motifs is 1. The summed E-state index contributed by atoms with van der Waals surface area (Å²) in [6.07, 6.45) is 0.786. The number of thiophene rings is 1. The minimum atomic E-state index is -0.667. The van der Waals surface area contributed by atoms with Crippen LogP contribution in [-0.4, -0.2) is 30.4 Å². The van der Waals surface area contributed by atoms with Crippen LogP contribution in [0.2, 0.25) is 0 Å². The first kappa shape index (κ1) is 19.9. The van der Waals surface area contributed by atoms with Crippen LogP contribution in [0.4, 0.5) is 5.00 Å². The number of hydrogen-bond donors (Lipinski definition) is 2. The van der Waals surface area contributed by atoms with Crippen molar-refractivity contribution in [2.24, 2.45) is 0 Å². The molecule has 3 rings (SSSR count). The number of amides is 1. The van der Waals surface area contributed by atoms with Crippen LogP contribution in [-0.2, 0) is 29.0 Å². The van der Waals surface area contributed by atoms with Gasteiger partial charge < -0.3 is 15.0 Å². The normalized spacial score (nSPS) is 17.1. The molecule has 2 aromatic rings. The molecule has 1 aromatic carbocycles. The Morgan fingerprint density at radius 2 is 2.07 bits per heavy atom. The molecule has 1 aromatic heterocycles. The molecule has 7 heteroatoms. The number of nitrogens with one attached hydrogen (secondary N) is 2. The first-order chi connectivity index (χ1) is 13.0. The molecule has 0 radical (unpaired) electrons. The van der Waals surface area contributed by atoms with E-state index in [1.165, 1.54) is 21.8 Å². The molecule has 1 unspecified atom stereocenters. The molecule has 1 aliphatic heterocycles. The van der Waals surface area contributed by atoms with Gasteiger partial charge in [-0.1, -0.05) is 30.3 Å². The molecule has 0 bridgehead atoms. The molecule has 5 nitrogen and oxygen atoms in total. The fraction of sp³-hybridized carbons (Fsp3) is 0.400. The third kappa shape index (κ3) is 4.69. The van der Waals surface area contributed by atoms with Crippen LogP contribution < -0.4 is 10.2 Å². The second kappa shape index (κ2) is 8.87. The molecular formula is C20H24ClN2O3S+. The SMILES string of the molecule is CCOC(=O)c1c(NC(=O)[C@H](C)Cl)sc2c1CC[NH+](Cc1ccccc1)C2. The van der Waals surface area contributed by atoms with Gasteiger partial charge in [0.25, 0.3) is 0 Å². The molecular weight excluding hydrogens is 384 g/mol. The average Bonchev–Trinajstić information content (AvgIpc) is 2.99. The number of carbonyl (C=O) groups excluding carboxylic acids is 2. The number of quaternary nitrogens is 1. The third-order valence-electron chi connectivity index (χ3n) is 4.60. The van der Waals surface area contributed by atoms with Crippen LogP contribution in [0.3, 0.4) is 0 Å². The topological polar surface area (TPSA) is 59.8 Å². The van der Waals surface area contributed by atoms with Crippen LogP contribution in [0.1, 0.15) is 40.2 Å². The number of ether oxygens (including phenoxy) is 1. The maximum Gasteiger partial charge on any atom is 0.341 e. The van der Waals surface area contributed by atoms with Crippen LogP contribution >= 0.6 is 22.9 Å². The van der Waals surface area contributed by atoms with Gasteiger partial charge >= 0.3 is 5.97 Å². The lowest BCUT2D eigenvalue weighted by atomic mass is 10.0. The standard InChI is InChI=1S/C20H23ClN2O3S/c1-3-26-20(25)17-15-9-10-23(11-14-7-5-4-6-8-14)12-16(15)27-19(17)22-18(24)13(2)21/h4-8,13H,3,9-12H2,1-2H3,(H,22,24)/p+1/t13-/m0/s1. The summed E-state index contributed by atoms with van der Waals surface area (Å²) in [5, 5.41) is 2.69. The molecule has 0 fully saturated rings. The second-order valence-electron chi connectivity index (χ2n) is 6.62. The number of benzene rings is 1. The van der Waals surface area contributed by atoms with Crippen LogP contribution in [0.15, 0.2) is 30.3 Å². The van der Waals surface area contributed by atoms with E-state index in [-0.39, 0.29) is 11.9 Å². The van der Waals surface area contributed by atoms with Gasteiger partial charge in [0.1, 0.15) is 23.5 Å². The number of esters is 1. The molecule has 2 N–H and O–H groups in total. The van der Waals surface area contributed by atoms with E-state index in [9.17, 15) is 9.59 Å². The van der Waals surface area contributed by atoms with Gasteiger partial charge in [-0.2, -0.15) is 0 Å². The summed E-state index contributed by atoms with van der Waals surface area (Å²) in [5.41, 5.74) is 2.80. The average molecular weight is 408 g/mol. The van der Waals surface area contributed by atoms with Crippen molar-refractivity contribution in [3.05, 3.63) is 51.9 Å². The lowest BCUT2D eigenvalue weighted by molar-refractivity contribution is -0.929. The lowest BCUT2D eigenvalue weighted by Crippen LogP contribution is -3.10. The van der Waals surface area contributed by atoms with Gasteiger partial charge in [-0.15, -0.1) is 22.9 Å². The molecule has 0 saturated carbocycles. The van der Waals surface area contributed by atoms with Crippen LogP contribution in [0.5, 0.6) is 0 Å². The molecule has 144 valence electrons. The van der Waals surface area contributed by atoms with Crippen molar-refractivity contribution in [1.82, 2.24) is 0 Å². The lowest BCUT2D eigenvalue weighted by Gasteiger charge is -2.24. The van der Waals surface area contributed by atoms with Gasteiger partial charge in [-0.05, 0) is 19.4 Å². The van der Waals surface area contributed by atoms with Gasteiger partial charge in [-0.25, -0.2) is 4.79 Å². The Labute approximate surface area is 168 Å². The van der Waals surface area contributed by atoms with Gasteiger partial charge in [0.05, 0.1) is 23.6 Å². The Morgan fingerprint density at radius 3 is 2.74 bits per heavy atom. The number of carbonyl (C=O) groups is 2. The van der Waals surface area contributed by atoms with Crippen molar-refractivity contribution in [2.45, 2.75) is 38.7 Å². The van der Waals surface area contributed by atoms with Gasteiger partial charge in [-0.3, -0.25) is 4.79 Å². The van der Waals surface area contributed by atoms with E-state index in [1.807, 2.05) is 6.07 Å². The zero-order chi connectivity index (χ0) is 19.4. The molecule has 2 atom stereocenters. The second-order valence-corrected chi connectivity index (χ2v) is 8.38. The van der Waals surface area contributed by atoms with Gasteiger partial charge in [0.2, 0.25) is 5.91 Å². The molecule has 2 heterocycles. The summed E-state index contributed by atoms with van der Waals surface area (Å²) >= 11 is 7.35. The Hall–Kier alpha value is -1.89. The highest BCUT2D eigenvalue weighted by Crippen LogP contribution is 2.35. The first-order valence-corrected chi connectivity index (χ1v) is 10.4. The highest BCUT2D eigenvalue weighted by Gasteiger charge is 2.31. The van der Waals surface area contributed by atoms with E-state index in [0.717, 1.165) is 36.5 Å². The van der Waals surface area contributed by atoms with Crippen molar-refractivity contribution >= 4 is 39.8 Å². The van der Waals surface area contributed by atoms with Crippen molar-refractivity contribution in [3.8, 4) is 0 Å². The maximum atomic E-state index is 12.5. The summed E-state index contributed by atoms with van der Waals surface area (Å²) in [5.74, 6) is -0.687. The summed E-state index contributed by atoms with van der Waals surface area (Å²) in [6, 6.07) is 10.4. The van der Waals surface area contributed by atoms with E-state index in [4.69, 9.17) is 16.3 Å². The molecule has 1 amide bonds. The fourth-order valence-corrected chi connectivity index (χ4v) is 4.66. The number of hydrogen-bond acceptors (Lipinski definition) is 4. The van der Waals surface area contributed by atoms with Crippen LogP contribution in [0, 0.1) is 0 Å². The molecule has 1 aliphatic rings. The largest absolute Gasteiger partial charge is 0.462 e. The quantitative estimate of drug-likeness (QED) is 0.571. The van der Waals surface area contributed by atoms with Crippen molar-refractivity contribution in [2.75, 3.05) is 18.5 Å². The summed E-state index contributed by atoms with van der Waals surface area (Å²) in [7, 11) is 0. The number of anilines is 1. The molecule has 0 aliphatic carbocycles. The van der Waals surface area contributed by atoms with E-state index in [1.54, 1.807) is 13.8 Å². The Morgan fingerprint density at radius 1 is 1.33 bits per heavy atom. The minimum Gasteiger partial charge on any atom is -0.462 e. The van der Waals surface area contributed by atoms with E-state index in [0.29, 0.717) is 17.2 Å². The monoisotopic (exact) mass is 407 g/mol. The summed E-state index contributed by atoms with van der Waals surface area (Å²) < 4.78 is 5.23. The molecule has 27 heavy (non-hydrogen) atoms. The Balaban J connectivity index is 1.85. The number of alkyl halides is 1. The number of rotatable bonds is 6. The summed E-state index contributed by atoms with van der Waals surface area (Å²) in [4.78, 5) is 27.2. The third-order valence-corrected chi connectivity index (χ3v) is 5.95. The Kier molecular flexibility index (Phi) is 6.52. The smallest absolute Gasteiger partial charge is 0.341 e. The van der Waals surface area contributed by atoms with Crippen LogP contribution in [0.25, 0.3) is 0 Å². The van der Waals surface area contributed by atoms with Crippen molar-refractivity contribution < 1.29 is 19.2 Å². The van der Waals surface area contributed by atoms with E-state index < -0.39 is 5.38 Å². The van der Waals surface area contributed by atoms with E-state index in [2.05, 4.69) is 29.6 Å². The zero-order valence-electron chi connectivity index (χ0n) is 15.5. The molecule has 0 saturated heterocycles. The maximum absolute atomic E-state index is 12.5. The fourth-order valence-electron chi connectivity index (χ4n) is 3.29. The van der Waals surface area contributed by atoms with Gasteiger partial charge in [0, 0.05) is 12.0 Å². The number of halogens is 1. The first-order valence-electron chi connectivity index (χ1n) is 9.13. The predicted molar refractivity (Wildman–Crippen MR) is 108 cm³/mol. The predicted octanol–water partition coefficient (Wildman–Crippen LogP) is 2.63. The van der Waals surface area contributed by atoms with E-state index >= 15 is 0 Å². The summed E-state index contributed by atoms with van der Waals surface area (Å²) in [6.45, 7) is 6.39.